The zero-order valence-electron chi connectivity index (χ0n) is 32.3. The van der Waals surface area contributed by atoms with Crippen molar-refractivity contribution < 1.29 is 0 Å². The van der Waals surface area contributed by atoms with Gasteiger partial charge >= 0.3 is 0 Å². The third-order valence-electron chi connectivity index (χ3n) is 12.4. The van der Waals surface area contributed by atoms with Gasteiger partial charge in [-0.2, -0.15) is 0 Å². The van der Waals surface area contributed by atoms with Crippen LogP contribution >= 0.6 is 0 Å². The molecule has 0 fully saturated rings. The van der Waals surface area contributed by atoms with Crippen LogP contribution in [0.5, 0.6) is 0 Å². The van der Waals surface area contributed by atoms with Crippen molar-refractivity contribution >= 4 is 92.5 Å². The first kappa shape index (κ1) is 33.4. The van der Waals surface area contributed by atoms with Crippen molar-refractivity contribution in [2.24, 2.45) is 0 Å². The van der Waals surface area contributed by atoms with Crippen molar-refractivity contribution in [2.75, 3.05) is 4.90 Å². The van der Waals surface area contributed by atoms with Gasteiger partial charge in [0.2, 0.25) is 0 Å². The molecule has 12 aromatic rings. The fourth-order valence-corrected chi connectivity index (χ4v) is 9.65. The second kappa shape index (κ2) is 13.4. The number of rotatable bonds is 5. The van der Waals surface area contributed by atoms with Gasteiger partial charge in [-0.05, 0) is 135 Å². The van der Waals surface area contributed by atoms with Crippen molar-refractivity contribution in [3.8, 4) is 22.3 Å². The molecule has 0 aromatic heterocycles. The highest BCUT2D eigenvalue weighted by Crippen LogP contribution is 2.44. The summed E-state index contributed by atoms with van der Waals surface area (Å²) in [6.45, 7) is 0. The molecule has 0 aliphatic rings. The molecule has 0 spiro atoms. The molecular weight excluding hydrogens is 711 g/mol. The van der Waals surface area contributed by atoms with E-state index in [1.165, 1.54) is 97.7 Å². The minimum Gasteiger partial charge on any atom is -0.310 e. The quantitative estimate of drug-likeness (QED) is 0.159. The molecule has 59 heavy (non-hydrogen) atoms. The summed E-state index contributed by atoms with van der Waals surface area (Å²) in [5.41, 5.74) is 8.10. The van der Waals surface area contributed by atoms with Crippen LogP contribution in [0.4, 0.5) is 17.1 Å². The van der Waals surface area contributed by atoms with E-state index in [4.69, 9.17) is 0 Å². The first-order valence-electron chi connectivity index (χ1n) is 20.4. The molecule has 0 saturated carbocycles. The lowest BCUT2D eigenvalue weighted by molar-refractivity contribution is 1.30. The normalized spacial score (nSPS) is 11.7. The number of hydrogen-bond donors (Lipinski definition) is 0. The molecule has 1 heteroatoms. The SMILES string of the molecule is c1cc(-c2ccc3c4ccccc4c4ccccc4c3c2)cc(N(c2cccc(-c3ccc4c5ccccc5c5ccccc5c4c3)c2)c2cccc3ccccc23)c1. The second-order valence-corrected chi connectivity index (χ2v) is 15.6. The average molecular weight is 748 g/mol. The Kier molecular flexibility index (Phi) is 7.61. The molecule has 0 aliphatic heterocycles. The molecule has 0 unspecified atom stereocenters. The van der Waals surface area contributed by atoms with Crippen molar-refractivity contribution in [2.45, 2.75) is 0 Å². The Balaban J connectivity index is 1.03. The highest BCUT2D eigenvalue weighted by atomic mass is 15.1. The summed E-state index contributed by atoms with van der Waals surface area (Å²) in [6.07, 6.45) is 0. The summed E-state index contributed by atoms with van der Waals surface area (Å²) in [6, 6.07) is 82.6. The summed E-state index contributed by atoms with van der Waals surface area (Å²) in [4.78, 5) is 2.43. The third-order valence-corrected chi connectivity index (χ3v) is 12.4. The van der Waals surface area contributed by atoms with Crippen molar-refractivity contribution in [1.29, 1.82) is 0 Å². The van der Waals surface area contributed by atoms with E-state index in [1.54, 1.807) is 0 Å². The van der Waals surface area contributed by atoms with Crippen LogP contribution in [0.2, 0.25) is 0 Å². The van der Waals surface area contributed by atoms with Crippen LogP contribution < -0.4 is 4.90 Å². The highest BCUT2D eigenvalue weighted by molar-refractivity contribution is 6.27. The Bertz CT molecular complexity index is 3360. The van der Waals surface area contributed by atoms with E-state index in [0.717, 1.165) is 17.1 Å². The van der Waals surface area contributed by atoms with Crippen molar-refractivity contribution in [3.05, 3.63) is 224 Å². The van der Waals surface area contributed by atoms with Gasteiger partial charge in [-0.25, -0.2) is 0 Å². The molecule has 0 heterocycles. The molecule has 1 nitrogen and oxygen atoms in total. The van der Waals surface area contributed by atoms with Gasteiger partial charge in [0.25, 0.3) is 0 Å². The first-order chi connectivity index (χ1) is 29.3. The Morgan fingerprint density at radius 1 is 0.203 bits per heavy atom. The number of benzene rings is 12. The predicted molar refractivity (Wildman–Crippen MR) is 255 cm³/mol. The molecule has 0 bridgehead atoms. The van der Waals surface area contributed by atoms with Crippen LogP contribution in [0.15, 0.2) is 224 Å². The lowest BCUT2D eigenvalue weighted by Gasteiger charge is -2.28. The highest BCUT2D eigenvalue weighted by Gasteiger charge is 2.18. The molecule has 0 saturated heterocycles. The Labute approximate surface area is 342 Å². The van der Waals surface area contributed by atoms with E-state index in [2.05, 4.69) is 229 Å². The van der Waals surface area contributed by atoms with E-state index in [-0.39, 0.29) is 0 Å². The zero-order chi connectivity index (χ0) is 38.9. The van der Waals surface area contributed by atoms with Crippen LogP contribution in [0.1, 0.15) is 0 Å². The van der Waals surface area contributed by atoms with Crippen molar-refractivity contribution in [3.63, 3.8) is 0 Å². The van der Waals surface area contributed by atoms with E-state index >= 15 is 0 Å². The number of fused-ring (bicyclic) bond motifs is 13. The summed E-state index contributed by atoms with van der Waals surface area (Å²) >= 11 is 0. The number of hydrogen-bond acceptors (Lipinski definition) is 1. The monoisotopic (exact) mass is 747 g/mol. The van der Waals surface area contributed by atoms with E-state index in [1.807, 2.05) is 0 Å². The summed E-state index contributed by atoms with van der Waals surface area (Å²) in [5, 5.41) is 17.8. The lowest BCUT2D eigenvalue weighted by Crippen LogP contribution is -2.10. The zero-order valence-corrected chi connectivity index (χ0v) is 32.3. The van der Waals surface area contributed by atoms with Gasteiger partial charge in [-0.15, -0.1) is 0 Å². The van der Waals surface area contributed by atoms with Gasteiger partial charge in [0.15, 0.2) is 0 Å². The summed E-state index contributed by atoms with van der Waals surface area (Å²) in [5.74, 6) is 0. The second-order valence-electron chi connectivity index (χ2n) is 15.6. The third kappa shape index (κ3) is 5.40. The fraction of sp³-hybridized carbons (Fsp3) is 0. The largest absolute Gasteiger partial charge is 0.310 e. The van der Waals surface area contributed by atoms with Gasteiger partial charge in [-0.3, -0.25) is 0 Å². The summed E-state index contributed by atoms with van der Waals surface area (Å²) < 4.78 is 0. The molecule has 0 N–H and O–H groups in total. The molecule has 12 rings (SSSR count). The first-order valence-corrected chi connectivity index (χ1v) is 20.4. The molecule has 0 amide bonds. The minimum absolute atomic E-state index is 1.11. The maximum absolute atomic E-state index is 2.43. The molecule has 0 radical (unpaired) electrons. The van der Waals surface area contributed by atoms with E-state index in [9.17, 15) is 0 Å². The predicted octanol–water partition coefficient (Wildman–Crippen LogP) is 16.6. The molecule has 0 aliphatic carbocycles. The van der Waals surface area contributed by atoms with Crippen LogP contribution in [0, 0.1) is 0 Å². The van der Waals surface area contributed by atoms with Crippen LogP contribution in [0.25, 0.3) is 97.7 Å². The Morgan fingerprint density at radius 2 is 0.525 bits per heavy atom. The van der Waals surface area contributed by atoms with Gasteiger partial charge in [0.05, 0.1) is 5.69 Å². The van der Waals surface area contributed by atoms with Gasteiger partial charge in [-0.1, -0.05) is 182 Å². The lowest BCUT2D eigenvalue weighted by atomic mass is 9.92. The molecule has 12 aromatic carbocycles. The van der Waals surface area contributed by atoms with E-state index in [0.29, 0.717) is 0 Å². The molecular formula is C58H37N. The maximum Gasteiger partial charge on any atom is 0.0540 e. The fourth-order valence-electron chi connectivity index (χ4n) is 9.65. The number of anilines is 3. The Hall–Kier alpha value is -7.74. The Morgan fingerprint density at radius 3 is 0.966 bits per heavy atom. The van der Waals surface area contributed by atoms with Crippen LogP contribution in [0.3, 0.4) is 0 Å². The molecule has 274 valence electrons. The molecule has 0 atom stereocenters. The van der Waals surface area contributed by atoms with Gasteiger partial charge in [0.1, 0.15) is 0 Å². The standard InChI is InChI=1S/C58H37N/c1-2-20-45-38(14-1)15-13-29-58(45)59(43-18-11-16-39(34-43)41-30-32-54-50-25-5-3-21-46(50)48-23-7-9-27-52(48)56(54)36-41)44-19-12-17-40(35-44)42-31-33-55-51-26-6-4-22-47(51)49-24-8-10-28-53(49)57(55)37-42/h1-37H. The van der Waals surface area contributed by atoms with Gasteiger partial charge < -0.3 is 4.90 Å². The van der Waals surface area contributed by atoms with Crippen molar-refractivity contribution in [1.82, 2.24) is 0 Å². The smallest absolute Gasteiger partial charge is 0.0540 e. The van der Waals surface area contributed by atoms with Crippen LogP contribution in [-0.2, 0) is 0 Å². The topological polar surface area (TPSA) is 3.24 Å². The average Bonchev–Trinajstić information content (AvgIpc) is 3.32. The van der Waals surface area contributed by atoms with E-state index < -0.39 is 0 Å². The minimum atomic E-state index is 1.11. The summed E-state index contributed by atoms with van der Waals surface area (Å²) in [7, 11) is 0. The number of nitrogens with zero attached hydrogens (tertiary/aromatic N) is 1. The maximum atomic E-state index is 2.43. The van der Waals surface area contributed by atoms with Crippen LogP contribution in [-0.4, -0.2) is 0 Å². The van der Waals surface area contributed by atoms with Gasteiger partial charge in [0, 0.05) is 16.8 Å².